The smallest absolute Gasteiger partial charge is 0.282 e. The number of fused-ring (bicyclic) bond motifs is 1. The quantitative estimate of drug-likeness (QED) is 0.153. The van der Waals surface area contributed by atoms with Crippen LogP contribution in [0.2, 0.25) is 0 Å². The van der Waals surface area contributed by atoms with E-state index in [9.17, 15) is 9.59 Å². The summed E-state index contributed by atoms with van der Waals surface area (Å²) in [6, 6.07) is 16.9. The van der Waals surface area contributed by atoms with Gasteiger partial charge in [0.15, 0.2) is 6.61 Å². The Hall–Kier alpha value is -2.32. The molecule has 10 heteroatoms. The van der Waals surface area contributed by atoms with Gasteiger partial charge in [0.1, 0.15) is 11.6 Å². The molecule has 1 amide bonds. The first-order valence-corrected chi connectivity index (χ1v) is 14.9. The van der Waals surface area contributed by atoms with E-state index < -0.39 is 0 Å². The lowest BCUT2D eigenvalue weighted by Crippen LogP contribution is -2.23. The first-order valence-electron chi connectivity index (χ1n) is 11.9. The number of ether oxygens (including phenoxy) is 1. The van der Waals surface area contributed by atoms with E-state index in [0.717, 1.165) is 34.8 Å². The second kappa shape index (κ2) is 12.7. The molecule has 38 heavy (non-hydrogen) atoms. The summed E-state index contributed by atoms with van der Waals surface area (Å²) in [4.78, 5) is 30.5. The lowest BCUT2D eigenvalue weighted by molar-refractivity contribution is -0.118. The van der Waals surface area contributed by atoms with Gasteiger partial charge in [-0.3, -0.25) is 9.59 Å². The number of nitrogens with zero attached hydrogens (tertiary/aromatic N) is 3. The molecule has 1 heterocycles. The molecular weight excluding hydrogens is 774 g/mol. The lowest BCUT2D eigenvalue weighted by Gasteiger charge is -2.14. The van der Waals surface area contributed by atoms with Gasteiger partial charge in [0.2, 0.25) is 0 Å². The van der Waals surface area contributed by atoms with E-state index >= 15 is 0 Å². The molecule has 4 rings (SSSR count). The molecule has 1 atom stereocenters. The number of hydrogen-bond donors (Lipinski definition) is 1. The molecule has 0 spiro atoms. The summed E-state index contributed by atoms with van der Waals surface area (Å²) < 4.78 is 9.70. The highest BCUT2D eigenvalue weighted by molar-refractivity contribution is 14.1. The summed E-state index contributed by atoms with van der Waals surface area (Å²) in [5.74, 6) is 1.05. The van der Waals surface area contributed by atoms with Crippen LogP contribution >= 0.6 is 61.1 Å². The zero-order valence-electron chi connectivity index (χ0n) is 21.0. The molecule has 0 radical (unpaired) electrons. The second-order valence-electron chi connectivity index (χ2n) is 8.82. The predicted molar refractivity (Wildman–Crippen MR) is 173 cm³/mol. The van der Waals surface area contributed by atoms with Crippen molar-refractivity contribution in [1.82, 2.24) is 9.66 Å². The Morgan fingerprint density at radius 1 is 1.16 bits per heavy atom. The fourth-order valence-corrected chi connectivity index (χ4v) is 6.16. The average molecular weight is 799 g/mol. The van der Waals surface area contributed by atoms with Crippen molar-refractivity contribution in [2.45, 2.75) is 33.1 Å². The van der Waals surface area contributed by atoms with Crippen LogP contribution < -0.4 is 15.6 Å². The summed E-state index contributed by atoms with van der Waals surface area (Å²) in [6.07, 6.45) is 2.47. The standard InChI is InChI=1S/C28H25BrI2N4O3/c1-4-17(3)27-34-24-10-7-19(29)13-21(24)28(37)35(27)32-14-18-11-22(30)26(23(31)12-18)38-15-25(36)33-20-8-5-16(2)6-9-20/h5-14,17H,4,15H2,1-3H3,(H,33,36)/t17-/m0/s1. The predicted octanol–water partition coefficient (Wildman–Crippen LogP) is 7.09. The van der Waals surface area contributed by atoms with Crippen LogP contribution in [-0.2, 0) is 4.79 Å². The van der Waals surface area contributed by atoms with Crippen molar-refractivity contribution in [1.29, 1.82) is 0 Å². The molecule has 4 aromatic rings. The topological polar surface area (TPSA) is 85.6 Å². The molecule has 0 aliphatic heterocycles. The third-order valence-corrected chi connectivity index (χ3v) is 8.01. The number of nitrogens with one attached hydrogen (secondary N) is 1. The average Bonchev–Trinajstić information content (AvgIpc) is 2.88. The van der Waals surface area contributed by atoms with Gasteiger partial charge >= 0.3 is 0 Å². The summed E-state index contributed by atoms with van der Waals surface area (Å²) in [7, 11) is 0. The summed E-state index contributed by atoms with van der Waals surface area (Å²) in [5, 5.41) is 7.89. The van der Waals surface area contributed by atoms with Crippen LogP contribution in [0.4, 0.5) is 5.69 Å². The van der Waals surface area contributed by atoms with Crippen LogP contribution in [0.3, 0.4) is 0 Å². The van der Waals surface area contributed by atoms with Gasteiger partial charge in [-0.25, -0.2) is 4.98 Å². The number of aromatic nitrogens is 2. The fourth-order valence-electron chi connectivity index (χ4n) is 3.67. The third-order valence-electron chi connectivity index (χ3n) is 5.91. The van der Waals surface area contributed by atoms with Gasteiger partial charge in [-0.1, -0.05) is 47.5 Å². The van der Waals surface area contributed by atoms with Gasteiger partial charge in [0.25, 0.3) is 11.5 Å². The molecule has 1 N–H and O–H groups in total. The van der Waals surface area contributed by atoms with Gasteiger partial charge < -0.3 is 10.1 Å². The van der Waals surface area contributed by atoms with Gasteiger partial charge in [-0.05, 0) is 107 Å². The highest BCUT2D eigenvalue weighted by Gasteiger charge is 2.16. The largest absolute Gasteiger partial charge is 0.482 e. The first-order chi connectivity index (χ1) is 18.2. The van der Waals surface area contributed by atoms with Crippen LogP contribution in [0.25, 0.3) is 10.9 Å². The maximum Gasteiger partial charge on any atom is 0.282 e. The van der Waals surface area contributed by atoms with Crippen molar-refractivity contribution in [3.8, 4) is 5.75 Å². The van der Waals surface area contributed by atoms with Crippen molar-refractivity contribution >= 4 is 89.8 Å². The third kappa shape index (κ3) is 6.81. The minimum absolute atomic E-state index is 0.0509. The molecule has 0 fully saturated rings. The zero-order valence-corrected chi connectivity index (χ0v) is 26.9. The molecule has 3 aromatic carbocycles. The summed E-state index contributed by atoms with van der Waals surface area (Å²) >= 11 is 7.79. The summed E-state index contributed by atoms with van der Waals surface area (Å²) in [6.45, 7) is 5.97. The lowest BCUT2D eigenvalue weighted by atomic mass is 10.1. The Kier molecular flexibility index (Phi) is 9.58. The molecule has 7 nitrogen and oxygen atoms in total. The van der Waals surface area contributed by atoms with Crippen molar-refractivity contribution in [3.05, 3.63) is 93.5 Å². The number of hydrogen-bond acceptors (Lipinski definition) is 5. The van der Waals surface area contributed by atoms with E-state index in [4.69, 9.17) is 9.72 Å². The molecule has 0 saturated heterocycles. The molecule has 0 unspecified atom stereocenters. The van der Waals surface area contributed by atoms with Crippen LogP contribution in [0, 0.1) is 14.1 Å². The number of halogens is 3. The van der Waals surface area contributed by atoms with E-state index in [1.165, 1.54) is 4.68 Å². The van der Waals surface area contributed by atoms with Crippen LogP contribution in [0.5, 0.6) is 5.75 Å². The van der Waals surface area contributed by atoms with Crippen molar-refractivity contribution in [2.75, 3.05) is 11.9 Å². The SMILES string of the molecule is CC[C@H](C)c1nc2ccc(Br)cc2c(=O)n1N=Cc1cc(I)c(OCC(=O)Nc2ccc(C)cc2)c(I)c1. The molecule has 0 bridgehead atoms. The van der Waals surface area contributed by atoms with E-state index in [1.54, 1.807) is 12.3 Å². The Bertz CT molecular complexity index is 1560. The van der Waals surface area contributed by atoms with Crippen LogP contribution in [0.15, 0.2) is 69.0 Å². The molecule has 0 aliphatic rings. The summed E-state index contributed by atoms with van der Waals surface area (Å²) in [5.41, 5.74) is 3.08. The Balaban J connectivity index is 1.57. The van der Waals surface area contributed by atoms with E-state index in [0.29, 0.717) is 22.5 Å². The number of carbonyl (C=O) groups excluding carboxylic acids is 1. The number of anilines is 1. The molecular formula is C28H25BrI2N4O3. The number of rotatable bonds is 8. The Morgan fingerprint density at radius 2 is 1.84 bits per heavy atom. The minimum atomic E-state index is -0.238. The Labute approximate surface area is 256 Å². The van der Waals surface area contributed by atoms with Gasteiger partial charge in [0.05, 0.1) is 24.3 Å². The van der Waals surface area contributed by atoms with Crippen LogP contribution in [0.1, 0.15) is 43.1 Å². The Morgan fingerprint density at radius 3 is 2.50 bits per heavy atom. The van der Waals surface area contributed by atoms with Gasteiger partial charge in [-0.15, -0.1) is 0 Å². The van der Waals surface area contributed by atoms with Gasteiger partial charge in [0, 0.05) is 16.1 Å². The van der Waals surface area contributed by atoms with Gasteiger partial charge in [-0.2, -0.15) is 9.78 Å². The van der Waals surface area contributed by atoms with Crippen molar-refractivity contribution in [2.24, 2.45) is 5.10 Å². The number of carbonyl (C=O) groups is 1. The maximum absolute atomic E-state index is 13.4. The monoisotopic (exact) mass is 798 g/mol. The zero-order chi connectivity index (χ0) is 27.4. The molecule has 1 aromatic heterocycles. The fraction of sp³-hybridized carbons (Fsp3) is 0.214. The second-order valence-corrected chi connectivity index (χ2v) is 12.1. The highest BCUT2D eigenvalue weighted by Crippen LogP contribution is 2.29. The molecule has 0 aliphatic carbocycles. The van der Waals surface area contributed by atoms with E-state index in [2.05, 4.69) is 78.5 Å². The molecule has 196 valence electrons. The normalized spacial score (nSPS) is 12.2. The highest BCUT2D eigenvalue weighted by atomic mass is 127. The van der Waals surface area contributed by atoms with Crippen molar-refractivity contribution < 1.29 is 9.53 Å². The number of amides is 1. The van der Waals surface area contributed by atoms with E-state index in [1.807, 2.05) is 62.4 Å². The number of benzene rings is 3. The molecule has 0 saturated carbocycles. The van der Waals surface area contributed by atoms with E-state index in [-0.39, 0.29) is 24.0 Å². The first kappa shape index (κ1) is 28.7. The maximum atomic E-state index is 13.4. The number of aryl methyl sites for hydroxylation is 1. The van der Waals surface area contributed by atoms with Crippen molar-refractivity contribution in [3.63, 3.8) is 0 Å². The van der Waals surface area contributed by atoms with Crippen LogP contribution in [-0.4, -0.2) is 28.4 Å². The minimum Gasteiger partial charge on any atom is -0.482 e.